The van der Waals surface area contributed by atoms with Crippen LogP contribution in [0.2, 0.25) is 5.02 Å². The molecular weight excluding hydrogens is 272 g/mol. The summed E-state index contributed by atoms with van der Waals surface area (Å²) in [5.41, 5.74) is 1.22. The van der Waals surface area contributed by atoms with Gasteiger partial charge in [0.25, 0.3) is 0 Å². The Balaban J connectivity index is 1.46. The van der Waals surface area contributed by atoms with E-state index in [9.17, 15) is 4.79 Å². The summed E-state index contributed by atoms with van der Waals surface area (Å²) < 4.78 is 0. The molecule has 1 atom stereocenters. The summed E-state index contributed by atoms with van der Waals surface area (Å²) in [4.78, 5) is 14.2. The summed E-state index contributed by atoms with van der Waals surface area (Å²) in [5.74, 6) is 1.12. The van der Waals surface area contributed by atoms with E-state index in [2.05, 4.69) is 22.3 Å². The molecule has 1 saturated heterocycles. The largest absolute Gasteiger partial charge is 0.371 e. The van der Waals surface area contributed by atoms with E-state index < -0.39 is 0 Å². The van der Waals surface area contributed by atoms with Crippen LogP contribution in [0, 0.1) is 11.8 Å². The first kappa shape index (κ1) is 13.7. The molecule has 1 amide bonds. The predicted molar refractivity (Wildman–Crippen MR) is 82.1 cm³/mol. The number of halogens is 1. The van der Waals surface area contributed by atoms with Gasteiger partial charge in [-0.25, -0.2) is 0 Å². The molecule has 108 valence electrons. The first-order valence-electron chi connectivity index (χ1n) is 7.50. The number of anilines is 1. The minimum atomic E-state index is 0.265. The number of hydrogen-bond donors (Lipinski definition) is 1. The van der Waals surface area contributed by atoms with E-state index in [1.807, 2.05) is 12.1 Å². The molecule has 0 radical (unpaired) electrons. The van der Waals surface area contributed by atoms with Gasteiger partial charge in [0.1, 0.15) is 0 Å². The van der Waals surface area contributed by atoms with Crippen molar-refractivity contribution in [2.75, 3.05) is 24.5 Å². The molecule has 1 aliphatic carbocycles. The molecule has 1 saturated carbocycles. The molecule has 3 rings (SSSR count). The number of amides is 1. The van der Waals surface area contributed by atoms with Gasteiger partial charge in [-0.2, -0.15) is 0 Å². The second kappa shape index (κ2) is 6.04. The molecule has 0 spiro atoms. The molecule has 1 heterocycles. The van der Waals surface area contributed by atoms with Crippen LogP contribution in [0.3, 0.4) is 0 Å². The summed E-state index contributed by atoms with van der Waals surface area (Å²) in [5, 5.41) is 3.90. The Morgan fingerprint density at radius 3 is 2.65 bits per heavy atom. The number of nitrogens with one attached hydrogen (secondary N) is 1. The molecule has 4 heteroatoms. The molecule has 0 bridgehead atoms. The normalized spacial score (nSPS) is 22.6. The lowest BCUT2D eigenvalue weighted by molar-refractivity contribution is -0.127. The maximum Gasteiger partial charge on any atom is 0.223 e. The van der Waals surface area contributed by atoms with Crippen LogP contribution >= 0.6 is 11.6 Å². The molecule has 1 aromatic carbocycles. The van der Waals surface area contributed by atoms with Crippen molar-refractivity contribution >= 4 is 23.2 Å². The molecule has 0 aromatic heterocycles. The van der Waals surface area contributed by atoms with E-state index >= 15 is 0 Å². The van der Waals surface area contributed by atoms with Gasteiger partial charge < -0.3 is 10.2 Å². The van der Waals surface area contributed by atoms with Crippen LogP contribution in [0.5, 0.6) is 0 Å². The number of carbonyl (C=O) groups excluding carboxylic acids is 1. The van der Waals surface area contributed by atoms with E-state index in [1.54, 1.807) is 0 Å². The Morgan fingerprint density at radius 1 is 1.25 bits per heavy atom. The third-order valence-corrected chi connectivity index (χ3v) is 4.77. The van der Waals surface area contributed by atoms with E-state index in [0.29, 0.717) is 11.8 Å². The van der Waals surface area contributed by atoms with Gasteiger partial charge in [-0.15, -0.1) is 0 Å². The van der Waals surface area contributed by atoms with Gasteiger partial charge in [0.05, 0.1) is 0 Å². The predicted octanol–water partition coefficient (Wildman–Crippen LogP) is 3.08. The van der Waals surface area contributed by atoms with Crippen LogP contribution in [0.15, 0.2) is 24.3 Å². The van der Waals surface area contributed by atoms with E-state index in [-0.39, 0.29) is 5.91 Å². The zero-order valence-electron chi connectivity index (χ0n) is 11.6. The van der Waals surface area contributed by atoms with Crippen LogP contribution in [-0.4, -0.2) is 25.5 Å². The number of rotatable bonds is 4. The number of hydrogen-bond acceptors (Lipinski definition) is 2. The highest BCUT2D eigenvalue weighted by Crippen LogP contribution is 2.27. The van der Waals surface area contributed by atoms with Crippen LogP contribution in [-0.2, 0) is 4.79 Å². The lowest BCUT2D eigenvalue weighted by atomic mass is 9.85. The monoisotopic (exact) mass is 292 g/mol. The summed E-state index contributed by atoms with van der Waals surface area (Å²) >= 11 is 5.91. The second-order valence-corrected chi connectivity index (χ2v) is 6.39. The maximum absolute atomic E-state index is 11.8. The van der Waals surface area contributed by atoms with Crippen molar-refractivity contribution < 1.29 is 4.79 Å². The maximum atomic E-state index is 11.8. The highest BCUT2D eigenvalue weighted by Gasteiger charge is 2.27. The fourth-order valence-corrected chi connectivity index (χ4v) is 3.07. The zero-order chi connectivity index (χ0) is 13.9. The summed E-state index contributed by atoms with van der Waals surface area (Å²) in [7, 11) is 0. The molecule has 1 aliphatic heterocycles. The van der Waals surface area contributed by atoms with Crippen molar-refractivity contribution in [1.82, 2.24) is 5.32 Å². The Bertz CT molecular complexity index is 470. The molecule has 1 N–H and O–H groups in total. The van der Waals surface area contributed by atoms with E-state index in [4.69, 9.17) is 11.6 Å². The number of nitrogens with zero attached hydrogens (tertiary/aromatic N) is 1. The van der Waals surface area contributed by atoms with Crippen molar-refractivity contribution in [3.05, 3.63) is 29.3 Å². The number of benzene rings is 1. The van der Waals surface area contributed by atoms with Gasteiger partial charge in [-0.1, -0.05) is 18.0 Å². The van der Waals surface area contributed by atoms with Gasteiger partial charge in [-0.3, -0.25) is 4.79 Å². The van der Waals surface area contributed by atoms with Crippen molar-refractivity contribution in [2.45, 2.75) is 25.7 Å². The van der Waals surface area contributed by atoms with Crippen LogP contribution in [0.4, 0.5) is 5.69 Å². The molecule has 20 heavy (non-hydrogen) atoms. The second-order valence-electron chi connectivity index (χ2n) is 5.95. The highest BCUT2D eigenvalue weighted by molar-refractivity contribution is 6.30. The van der Waals surface area contributed by atoms with Crippen LogP contribution < -0.4 is 10.2 Å². The lowest BCUT2D eigenvalue weighted by Gasteiger charge is -2.25. The van der Waals surface area contributed by atoms with Crippen molar-refractivity contribution in [2.24, 2.45) is 11.8 Å². The van der Waals surface area contributed by atoms with E-state index in [1.165, 1.54) is 12.1 Å². The molecule has 2 aliphatic rings. The van der Waals surface area contributed by atoms with Crippen LogP contribution in [0.25, 0.3) is 0 Å². The van der Waals surface area contributed by atoms with Gasteiger partial charge in [0, 0.05) is 36.3 Å². The molecule has 2 fully saturated rings. The quantitative estimate of drug-likeness (QED) is 0.925. The first-order chi connectivity index (χ1) is 9.72. The first-order valence-corrected chi connectivity index (χ1v) is 7.88. The topological polar surface area (TPSA) is 32.3 Å². The fraction of sp³-hybridized carbons (Fsp3) is 0.562. The SMILES string of the molecule is O=C(NC[C@@H]1CCN(c2ccc(Cl)cc2)C1)C1CCC1. The highest BCUT2D eigenvalue weighted by atomic mass is 35.5. The van der Waals surface area contributed by atoms with E-state index in [0.717, 1.165) is 43.9 Å². The Morgan fingerprint density at radius 2 is 2.00 bits per heavy atom. The number of carbonyl (C=O) groups is 1. The minimum absolute atomic E-state index is 0.265. The Labute approximate surface area is 125 Å². The third-order valence-electron chi connectivity index (χ3n) is 4.52. The van der Waals surface area contributed by atoms with Crippen molar-refractivity contribution in [3.63, 3.8) is 0 Å². The Kier molecular flexibility index (Phi) is 4.16. The van der Waals surface area contributed by atoms with Gasteiger partial charge in [0.2, 0.25) is 5.91 Å². The smallest absolute Gasteiger partial charge is 0.223 e. The van der Waals surface area contributed by atoms with Crippen molar-refractivity contribution in [1.29, 1.82) is 0 Å². The molecule has 1 aromatic rings. The van der Waals surface area contributed by atoms with Crippen molar-refractivity contribution in [3.8, 4) is 0 Å². The lowest BCUT2D eigenvalue weighted by Crippen LogP contribution is -2.37. The zero-order valence-corrected chi connectivity index (χ0v) is 12.4. The summed E-state index contributed by atoms with van der Waals surface area (Å²) in [6, 6.07) is 8.00. The van der Waals surface area contributed by atoms with Crippen LogP contribution in [0.1, 0.15) is 25.7 Å². The van der Waals surface area contributed by atoms with Gasteiger partial charge in [0.15, 0.2) is 0 Å². The molecule has 0 unspecified atom stereocenters. The average molecular weight is 293 g/mol. The summed E-state index contributed by atoms with van der Waals surface area (Å²) in [6.07, 6.45) is 4.51. The van der Waals surface area contributed by atoms with Gasteiger partial charge in [-0.05, 0) is 49.4 Å². The standard InChI is InChI=1S/C16H21ClN2O/c17-14-4-6-15(7-5-14)19-9-8-12(11-19)10-18-16(20)13-2-1-3-13/h4-7,12-13H,1-3,8-11H2,(H,18,20)/t12-/m0/s1. The van der Waals surface area contributed by atoms with Gasteiger partial charge >= 0.3 is 0 Å². The molecule has 3 nitrogen and oxygen atoms in total. The molecular formula is C16H21ClN2O. The minimum Gasteiger partial charge on any atom is -0.371 e. The third kappa shape index (κ3) is 3.09. The summed E-state index contributed by atoms with van der Waals surface area (Å²) in [6.45, 7) is 2.90. The fourth-order valence-electron chi connectivity index (χ4n) is 2.95. The average Bonchev–Trinajstić information content (AvgIpc) is 2.84. The Hall–Kier alpha value is -1.22.